The van der Waals surface area contributed by atoms with E-state index in [0.717, 1.165) is 73.2 Å². The lowest BCUT2D eigenvalue weighted by molar-refractivity contribution is -0.0202. The SMILES string of the molecule is C=C(c1nc(C2=CC=CC3OCCCC23)n2c1CCc1cc(OC)c(OC(C)C)cc1-2)N1CCOCC1(C)C. The summed E-state index contributed by atoms with van der Waals surface area (Å²) >= 11 is 0. The Morgan fingerprint density at radius 3 is 2.79 bits per heavy atom. The fraction of sp³-hybridized carbons (Fsp3) is 0.531. The van der Waals surface area contributed by atoms with E-state index in [1.807, 2.05) is 13.8 Å². The third kappa shape index (κ3) is 4.59. The van der Waals surface area contributed by atoms with Gasteiger partial charge in [-0.3, -0.25) is 4.57 Å². The Morgan fingerprint density at radius 2 is 2.03 bits per heavy atom. The molecule has 2 saturated heterocycles. The van der Waals surface area contributed by atoms with E-state index in [0.29, 0.717) is 13.2 Å². The number of hydrogen-bond acceptors (Lipinski definition) is 6. The maximum Gasteiger partial charge on any atom is 0.163 e. The van der Waals surface area contributed by atoms with E-state index < -0.39 is 0 Å². The first-order chi connectivity index (χ1) is 18.8. The van der Waals surface area contributed by atoms with Gasteiger partial charge in [0.05, 0.1) is 55.1 Å². The molecule has 4 heterocycles. The van der Waals surface area contributed by atoms with Crippen LogP contribution in [0.5, 0.6) is 11.5 Å². The monoisotopic (exact) mass is 531 g/mol. The van der Waals surface area contributed by atoms with Gasteiger partial charge in [-0.2, -0.15) is 0 Å². The van der Waals surface area contributed by atoms with Gasteiger partial charge in [-0.25, -0.2) is 4.98 Å². The quantitative estimate of drug-likeness (QED) is 0.484. The molecule has 0 amide bonds. The van der Waals surface area contributed by atoms with Crippen LogP contribution in [0, 0.1) is 5.92 Å². The van der Waals surface area contributed by atoms with Crippen molar-refractivity contribution in [3.63, 3.8) is 0 Å². The molecule has 2 fully saturated rings. The van der Waals surface area contributed by atoms with Crippen LogP contribution in [-0.4, -0.2) is 65.7 Å². The van der Waals surface area contributed by atoms with Crippen LogP contribution in [0.2, 0.25) is 0 Å². The highest BCUT2D eigenvalue weighted by molar-refractivity contribution is 5.74. The molecule has 4 aliphatic rings. The number of benzene rings is 1. The van der Waals surface area contributed by atoms with Gasteiger partial charge in [0.2, 0.25) is 0 Å². The molecular weight excluding hydrogens is 490 g/mol. The highest BCUT2D eigenvalue weighted by atomic mass is 16.5. The molecule has 3 aliphatic heterocycles. The summed E-state index contributed by atoms with van der Waals surface area (Å²) in [5.74, 6) is 2.79. The third-order valence-electron chi connectivity index (χ3n) is 8.42. The molecule has 0 spiro atoms. The number of hydrogen-bond donors (Lipinski definition) is 0. The highest BCUT2D eigenvalue weighted by Gasteiger charge is 2.38. The predicted molar refractivity (Wildman–Crippen MR) is 154 cm³/mol. The summed E-state index contributed by atoms with van der Waals surface area (Å²) < 4.78 is 26.3. The van der Waals surface area contributed by atoms with Gasteiger partial charge in [-0.15, -0.1) is 0 Å². The van der Waals surface area contributed by atoms with Gasteiger partial charge in [-0.1, -0.05) is 24.8 Å². The molecule has 0 N–H and O–H groups in total. The van der Waals surface area contributed by atoms with Crippen LogP contribution < -0.4 is 9.47 Å². The van der Waals surface area contributed by atoms with Gasteiger partial charge in [0.15, 0.2) is 11.5 Å². The van der Waals surface area contributed by atoms with Crippen molar-refractivity contribution < 1.29 is 18.9 Å². The maximum absolute atomic E-state index is 6.22. The van der Waals surface area contributed by atoms with Crippen LogP contribution in [0.1, 0.15) is 63.3 Å². The molecule has 208 valence electrons. The van der Waals surface area contributed by atoms with Crippen molar-refractivity contribution in [2.24, 2.45) is 5.92 Å². The smallest absolute Gasteiger partial charge is 0.163 e. The average molecular weight is 532 g/mol. The Labute approximate surface area is 232 Å². The van der Waals surface area contributed by atoms with Crippen molar-refractivity contribution >= 4 is 11.3 Å². The van der Waals surface area contributed by atoms with E-state index in [2.05, 4.69) is 60.3 Å². The van der Waals surface area contributed by atoms with Crippen LogP contribution in [0.3, 0.4) is 0 Å². The minimum absolute atomic E-state index is 0.0347. The van der Waals surface area contributed by atoms with Crippen molar-refractivity contribution in [2.45, 2.75) is 71.1 Å². The summed E-state index contributed by atoms with van der Waals surface area (Å²) in [5, 5.41) is 0. The number of rotatable bonds is 6. The van der Waals surface area contributed by atoms with E-state index in [1.54, 1.807) is 7.11 Å². The third-order valence-corrected chi connectivity index (χ3v) is 8.42. The summed E-state index contributed by atoms with van der Waals surface area (Å²) in [4.78, 5) is 7.81. The summed E-state index contributed by atoms with van der Waals surface area (Å²) in [6.07, 6.45) is 10.6. The Hall–Kier alpha value is -3.03. The number of nitrogens with zero attached hydrogens (tertiary/aromatic N) is 3. The molecule has 39 heavy (non-hydrogen) atoms. The number of allylic oxidation sites excluding steroid dienone is 2. The van der Waals surface area contributed by atoms with E-state index >= 15 is 0 Å². The first-order valence-corrected chi connectivity index (χ1v) is 14.3. The van der Waals surface area contributed by atoms with Crippen molar-refractivity contribution in [1.29, 1.82) is 0 Å². The van der Waals surface area contributed by atoms with E-state index in [-0.39, 0.29) is 23.7 Å². The number of aromatic nitrogens is 2. The molecule has 2 atom stereocenters. The fourth-order valence-corrected chi connectivity index (χ4v) is 6.57. The molecule has 1 aliphatic carbocycles. The van der Waals surface area contributed by atoms with Crippen LogP contribution in [-0.2, 0) is 22.3 Å². The molecule has 7 nitrogen and oxygen atoms in total. The Morgan fingerprint density at radius 1 is 1.18 bits per heavy atom. The molecule has 6 rings (SSSR count). The van der Waals surface area contributed by atoms with E-state index in [9.17, 15) is 0 Å². The Kier molecular flexibility index (Phi) is 6.84. The van der Waals surface area contributed by atoms with Gasteiger partial charge in [0, 0.05) is 30.7 Å². The highest BCUT2D eigenvalue weighted by Crippen LogP contribution is 2.44. The van der Waals surface area contributed by atoms with Gasteiger partial charge in [-0.05, 0) is 65.0 Å². The lowest BCUT2D eigenvalue weighted by Crippen LogP contribution is -2.51. The van der Waals surface area contributed by atoms with Crippen LogP contribution in [0.4, 0.5) is 0 Å². The molecule has 7 heteroatoms. The number of fused-ring (bicyclic) bond motifs is 4. The number of imidazole rings is 1. The van der Waals surface area contributed by atoms with Gasteiger partial charge in [0.1, 0.15) is 11.5 Å². The molecule has 0 radical (unpaired) electrons. The lowest BCUT2D eigenvalue weighted by atomic mass is 9.83. The summed E-state index contributed by atoms with van der Waals surface area (Å²) in [6, 6.07) is 4.28. The predicted octanol–water partition coefficient (Wildman–Crippen LogP) is 5.60. The van der Waals surface area contributed by atoms with Crippen molar-refractivity contribution in [3.8, 4) is 17.2 Å². The molecule has 0 saturated carbocycles. The van der Waals surface area contributed by atoms with Crippen LogP contribution in [0.15, 0.2) is 36.9 Å². The lowest BCUT2D eigenvalue weighted by Gasteiger charge is -2.44. The molecule has 2 unspecified atom stereocenters. The fourth-order valence-electron chi connectivity index (χ4n) is 6.57. The maximum atomic E-state index is 6.22. The minimum atomic E-state index is -0.153. The Bertz CT molecular complexity index is 1340. The zero-order chi connectivity index (χ0) is 27.3. The summed E-state index contributed by atoms with van der Waals surface area (Å²) in [5.41, 5.74) is 6.58. The first-order valence-electron chi connectivity index (χ1n) is 14.3. The number of ether oxygens (including phenoxy) is 4. The molecule has 0 bridgehead atoms. The second-order valence-electron chi connectivity index (χ2n) is 11.9. The zero-order valence-electron chi connectivity index (χ0n) is 24.0. The number of methoxy groups -OCH3 is 1. The Balaban J connectivity index is 1.54. The van der Waals surface area contributed by atoms with Gasteiger partial charge < -0.3 is 23.8 Å². The molecule has 1 aromatic heterocycles. The number of aryl methyl sites for hydroxylation is 1. The largest absolute Gasteiger partial charge is 0.493 e. The second kappa shape index (κ2) is 10.2. The minimum Gasteiger partial charge on any atom is -0.493 e. The van der Waals surface area contributed by atoms with Gasteiger partial charge >= 0.3 is 0 Å². The van der Waals surface area contributed by atoms with Crippen LogP contribution >= 0.6 is 0 Å². The van der Waals surface area contributed by atoms with E-state index in [1.165, 1.54) is 16.8 Å². The standard InChI is InChI=1S/C32H41N3O4/c1-20(2)39-29-18-26-22(17-28(29)36-6)12-13-25-30(21(3)34-14-16-37-19-32(34,4)5)33-31(35(25)26)24-9-7-11-27-23(24)10-8-15-38-27/h7,9,11,17-18,20,23,27H,3,8,10,12-16,19H2,1-2,4-6H3. The summed E-state index contributed by atoms with van der Waals surface area (Å²) in [7, 11) is 1.71. The second-order valence-corrected chi connectivity index (χ2v) is 11.9. The van der Waals surface area contributed by atoms with Crippen LogP contribution in [0.25, 0.3) is 17.0 Å². The zero-order valence-corrected chi connectivity index (χ0v) is 24.0. The summed E-state index contributed by atoms with van der Waals surface area (Å²) in [6.45, 7) is 16.1. The molecule has 2 aromatic rings. The van der Waals surface area contributed by atoms with E-state index in [4.69, 9.17) is 23.9 Å². The molecule has 1 aromatic carbocycles. The van der Waals surface area contributed by atoms with Crippen molar-refractivity contribution in [1.82, 2.24) is 14.5 Å². The van der Waals surface area contributed by atoms with Gasteiger partial charge in [0.25, 0.3) is 0 Å². The normalized spacial score (nSPS) is 23.5. The molecular formula is C32H41N3O4. The average Bonchev–Trinajstić information content (AvgIpc) is 3.31. The van der Waals surface area contributed by atoms with Crippen molar-refractivity contribution in [3.05, 3.63) is 59.7 Å². The number of morpholine rings is 1. The first kappa shape index (κ1) is 26.2. The van der Waals surface area contributed by atoms with Crippen molar-refractivity contribution in [2.75, 3.05) is 33.5 Å². The topological polar surface area (TPSA) is 58.0 Å².